The number of halogens is 4. The van der Waals surface area contributed by atoms with E-state index in [4.69, 9.17) is 0 Å². The number of rotatable bonds is 4. The summed E-state index contributed by atoms with van der Waals surface area (Å²) in [5.74, 6) is -1.09. The molecule has 0 aliphatic carbocycles. The highest BCUT2D eigenvalue weighted by atomic mass is 32.2. The van der Waals surface area contributed by atoms with Crippen molar-refractivity contribution in [3.63, 3.8) is 0 Å². The Labute approximate surface area is 116 Å². The molecule has 0 amide bonds. The van der Waals surface area contributed by atoms with E-state index in [1.807, 2.05) is 0 Å². The van der Waals surface area contributed by atoms with Gasteiger partial charge in [0.15, 0.2) is 0 Å². The van der Waals surface area contributed by atoms with Crippen molar-refractivity contribution in [2.24, 2.45) is 0 Å². The van der Waals surface area contributed by atoms with Gasteiger partial charge in [-0.15, -0.1) is 0 Å². The Bertz CT molecular complexity index is 726. The maximum absolute atomic E-state index is 13.1. The largest absolute Gasteiger partial charge is 0.501 e. The third-order valence-electron chi connectivity index (χ3n) is 2.49. The van der Waals surface area contributed by atoms with Crippen molar-refractivity contribution in [3.8, 4) is 0 Å². The summed E-state index contributed by atoms with van der Waals surface area (Å²) in [5.41, 5.74) is -5.56. The van der Waals surface area contributed by atoms with Gasteiger partial charge in [0, 0.05) is 6.07 Å². The first-order valence-corrected chi connectivity index (χ1v) is 6.94. The zero-order chi connectivity index (χ0) is 15.7. The molecule has 2 aromatic rings. The molecular formula is C11H8F4N2O3S. The van der Waals surface area contributed by atoms with Crippen LogP contribution >= 0.6 is 0 Å². The minimum absolute atomic E-state index is 0.0808. The number of alkyl halides is 3. The monoisotopic (exact) mass is 324 g/mol. The number of sulfone groups is 1. The van der Waals surface area contributed by atoms with E-state index < -0.39 is 26.1 Å². The lowest BCUT2D eigenvalue weighted by Crippen LogP contribution is -2.24. The van der Waals surface area contributed by atoms with Gasteiger partial charge in [-0.25, -0.2) is 12.8 Å². The Morgan fingerprint density at radius 1 is 1.24 bits per heavy atom. The molecule has 0 aliphatic heterocycles. The molecule has 0 fully saturated rings. The summed E-state index contributed by atoms with van der Waals surface area (Å²) < 4.78 is 78.2. The number of hydrogen-bond donors (Lipinski definition) is 1. The van der Waals surface area contributed by atoms with Crippen LogP contribution in [0.2, 0.25) is 0 Å². The number of benzene rings is 1. The van der Waals surface area contributed by atoms with E-state index in [2.05, 4.69) is 15.0 Å². The van der Waals surface area contributed by atoms with Crippen molar-refractivity contribution in [3.05, 3.63) is 42.0 Å². The Hall–Kier alpha value is -2.10. The van der Waals surface area contributed by atoms with Crippen molar-refractivity contribution in [1.82, 2.24) is 5.16 Å². The fourth-order valence-corrected chi connectivity index (χ4v) is 2.45. The molecule has 0 unspecified atom stereocenters. The topological polar surface area (TPSA) is 72.2 Å². The maximum atomic E-state index is 13.1. The third-order valence-corrected chi connectivity index (χ3v) is 4.02. The van der Waals surface area contributed by atoms with Crippen LogP contribution in [0.1, 0.15) is 5.69 Å². The Morgan fingerprint density at radius 2 is 1.95 bits per heavy atom. The fraction of sp³-hybridized carbons (Fsp3) is 0.182. The second-order valence-corrected chi connectivity index (χ2v) is 5.84. The van der Waals surface area contributed by atoms with E-state index in [-0.39, 0.29) is 12.2 Å². The number of anilines is 1. The molecule has 10 heteroatoms. The standard InChI is InChI=1S/C11H8F4N2O3S/c12-7-1-2-9(16-6-8-3-4-20-17-8)10(5-7)21(18,19)11(13,14)15/h1-5,16H,6H2. The van der Waals surface area contributed by atoms with E-state index in [1.54, 1.807) is 0 Å². The van der Waals surface area contributed by atoms with Crippen LogP contribution in [0.5, 0.6) is 0 Å². The van der Waals surface area contributed by atoms with Crippen molar-refractivity contribution < 1.29 is 30.5 Å². The number of aromatic nitrogens is 1. The van der Waals surface area contributed by atoms with Crippen LogP contribution in [-0.2, 0) is 16.4 Å². The summed E-state index contributed by atoms with van der Waals surface area (Å²) in [6.45, 7) is -0.0808. The first-order valence-electron chi connectivity index (χ1n) is 5.46. The molecule has 0 spiro atoms. The lowest BCUT2D eigenvalue weighted by molar-refractivity contribution is -0.0435. The van der Waals surface area contributed by atoms with Gasteiger partial charge in [0.25, 0.3) is 9.84 Å². The molecule has 1 aromatic carbocycles. The highest BCUT2D eigenvalue weighted by Gasteiger charge is 2.48. The third kappa shape index (κ3) is 3.15. The highest BCUT2D eigenvalue weighted by Crippen LogP contribution is 2.34. The zero-order valence-corrected chi connectivity index (χ0v) is 11.0. The second kappa shape index (κ2) is 5.35. The molecule has 0 saturated heterocycles. The minimum atomic E-state index is -5.67. The first kappa shape index (κ1) is 15.3. The van der Waals surface area contributed by atoms with Crippen LogP contribution in [0.4, 0.5) is 23.2 Å². The summed E-state index contributed by atoms with van der Waals surface area (Å²) in [7, 11) is -5.67. The van der Waals surface area contributed by atoms with Crippen LogP contribution in [0.15, 0.2) is 39.9 Å². The average Bonchev–Trinajstić information content (AvgIpc) is 2.89. The summed E-state index contributed by atoms with van der Waals surface area (Å²) >= 11 is 0. The molecule has 0 saturated carbocycles. The van der Waals surface area contributed by atoms with Crippen molar-refractivity contribution >= 4 is 15.5 Å². The molecule has 1 N–H and O–H groups in total. The van der Waals surface area contributed by atoms with E-state index in [9.17, 15) is 26.0 Å². The predicted octanol–water partition coefficient (Wildman–Crippen LogP) is 2.72. The number of hydrogen-bond acceptors (Lipinski definition) is 5. The van der Waals surface area contributed by atoms with Crippen molar-refractivity contribution in [2.75, 3.05) is 5.32 Å². The number of nitrogens with one attached hydrogen (secondary N) is 1. The van der Waals surface area contributed by atoms with Crippen LogP contribution < -0.4 is 5.32 Å². The van der Waals surface area contributed by atoms with Crippen molar-refractivity contribution in [2.45, 2.75) is 16.9 Å². The van der Waals surface area contributed by atoms with Gasteiger partial charge in [-0.05, 0) is 18.2 Å². The molecule has 0 aliphatic rings. The quantitative estimate of drug-likeness (QED) is 0.876. The molecule has 5 nitrogen and oxygen atoms in total. The molecule has 0 radical (unpaired) electrons. The predicted molar refractivity (Wildman–Crippen MR) is 63.5 cm³/mol. The summed E-state index contributed by atoms with van der Waals surface area (Å²) in [6, 6.07) is 3.51. The molecule has 1 heterocycles. The molecule has 114 valence electrons. The van der Waals surface area contributed by atoms with Gasteiger partial charge in [-0.2, -0.15) is 13.2 Å². The summed E-state index contributed by atoms with van der Waals surface area (Å²) in [4.78, 5) is -1.18. The Morgan fingerprint density at radius 3 is 2.52 bits per heavy atom. The normalized spacial score (nSPS) is 12.4. The van der Waals surface area contributed by atoms with Gasteiger partial charge in [0.05, 0.1) is 12.2 Å². The van der Waals surface area contributed by atoms with E-state index >= 15 is 0 Å². The van der Waals surface area contributed by atoms with Gasteiger partial charge < -0.3 is 9.84 Å². The van der Waals surface area contributed by atoms with Gasteiger partial charge in [0.1, 0.15) is 22.7 Å². The first-order chi connectivity index (χ1) is 9.72. The Balaban J connectivity index is 2.39. The molecule has 0 bridgehead atoms. The highest BCUT2D eigenvalue weighted by molar-refractivity contribution is 7.92. The SMILES string of the molecule is O=S(=O)(c1cc(F)ccc1NCc1ccon1)C(F)(F)F. The van der Waals surface area contributed by atoms with E-state index in [0.717, 1.165) is 12.1 Å². The van der Waals surface area contributed by atoms with Gasteiger partial charge in [-0.3, -0.25) is 0 Å². The molecule has 1 aromatic heterocycles. The summed E-state index contributed by atoms with van der Waals surface area (Å²) in [5, 5.41) is 5.96. The number of nitrogens with zero attached hydrogens (tertiary/aromatic N) is 1. The van der Waals surface area contributed by atoms with Crippen LogP contribution in [0, 0.1) is 5.82 Å². The summed E-state index contributed by atoms with van der Waals surface area (Å²) in [6.07, 6.45) is 1.25. The minimum Gasteiger partial charge on any atom is -0.378 e. The lowest BCUT2D eigenvalue weighted by Gasteiger charge is -2.13. The van der Waals surface area contributed by atoms with E-state index in [1.165, 1.54) is 12.3 Å². The lowest BCUT2D eigenvalue weighted by atomic mass is 10.3. The van der Waals surface area contributed by atoms with Crippen LogP contribution in [-0.4, -0.2) is 19.1 Å². The second-order valence-electron chi connectivity index (χ2n) is 3.93. The molecule has 21 heavy (non-hydrogen) atoms. The fourth-order valence-electron chi connectivity index (χ4n) is 1.50. The van der Waals surface area contributed by atoms with Gasteiger partial charge >= 0.3 is 5.51 Å². The molecular weight excluding hydrogens is 316 g/mol. The van der Waals surface area contributed by atoms with E-state index in [0.29, 0.717) is 11.8 Å². The molecule has 0 atom stereocenters. The van der Waals surface area contributed by atoms with Gasteiger partial charge in [0.2, 0.25) is 0 Å². The van der Waals surface area contributed by atoms with Crippen LogP contribution in [0.3, 0.4) is 0 Å². The smallest absolute Gasteiger partial charge is 0.378 e. The molecule has 2 rings (SSSR count). The van der Waals surface area contributed by atoms with Gasteiger partial charge in [-0.1, -0.05) is 5.16 Å². The average molecular weight is 324 g/mol. The Kier molecular flexibility index (Phi) is 3.90. The van der Waals surface area contributed by atoms with Crippen molar-refractivity contribution in [1.29, 1.82) is 0 Å². The zero-order valence-electron chi connectivity index (χ0n) is 10.2. The maximum Gasteiger partial charge on any atom is 0.501 e. The van der Waals surface area contributed by atoms with Crippen LogP contribution in [0.25, 0.3) is 0 Å².